The van der Waals surface area contributed by atoms with Gasteiger partial charge in [-0.3, -0.25) is 9.59 Å². The van der Waals surface area contributed by atoms with Gasteiger partial charge in [0.15, 0.2) is 0 Å². The fourth-order valence-electron chi connectivity index (χ4n) is 1.84. The fraction of sp³-hybridized carbons (Fsp3) is 0.500. The van der Waals surface area contributed by atoms with Crippen molar-refractivity contribution in [1.29, 1.82) is 0 Å². The van der Waals surface area contributed by atoms with E-state index < -0.39 is 27.9 Å². The normalized spacial score (nSPS) is 17.9. The van der Waals surface area contributed by atoms with E-state index in [1.54, 1.807) is 0 Å². The molecule has 0 aromatic carbocycles. The molecule has 2 N–H and O–H groups in total. The van der Waals surface area contributed by atoms with Gasteiger partial charge in [-0.2, -0.15) is 4.31 Å². The van der Waals surface area contributed by atoms with Gasteiger partial charge in [0.25, 0.3) is 5.91 Å². The molecule has 1 aliphatic heterocycles. The Bertz CT molecular complexity index is 663. The molecule has 1 aliphatic rings. The number of amides is 1. The molecule has 2 rings (SSSR count). The molecule has 1 aromatic rings. The number of hydrogen-bond acceptors (Lipinski definition) is 6. The predicted octanol–water partition coefficient (Wildman–Crippen LogP) is -0.0281. The van der Waals surface area contributed by atoms with Gasteiger partial charge in [-0.05, 0) is 13.0 Å². The van der Waals surface area contributed by atoms with Crippen LogP contribution in [0, 0.1) is 0 Å². The first-order valence-electron chi connectivity index (χ1n) is 6.52. The Labute approximate surface area is 131 Å². The minimum Gasteiger partial charge on any atom is -0.480 e. The number of rotatable bonds is 5. The first-order valence-corrected chi connectivity index (χ1v) is 8.84. The van der Waals surface area contributed by atoms with Crippen molar-refractivity contribution in [1.82, 2.24) is 9.62 Å². The molecule has 122 valence electrons. The Balaban J connectivity index is 2.13. The smallest absolute Gasteiger partial charge is 0.325 e. The maximum atomic E-state index is 12.4. The van der Waals surface area contributed by atoms with Gasteiger partial charge in [0.05, 0.1) is 23.0 Å². The van der Waals surface area contributed by atoms with Crippen LogP contribution < -0.4 is 5.32 Å². The van der Waals surface area contributed by atoms with Crippen molar-refractivity contribution in [3.8, 4) is 0 Å². The summed E-state index contributed by atoms with van der Waals surface area (Å²) in [6.45, 7) is 2.56. The number of thiophene rings is 1. The summed E-state index contributed by atoms with van der Waals surface area (Å²) in [5.41, 5.74) is 0. The van der Waals surface area contributed by atoms with Crippen LogP contribution in [0.3, 0.4) is 0 Å². The van der Waals surface area contributed by atoms with E-state index in [1.165, 1.54) is 22.7 Å². The third kappa shape index (κ3) is 3.64. The summed E-state index contributed by atoms with van der Waals surface area (Å²) in [7, 11) is -3.65. The highest BCUT2D eigenvalue weighted by Crippen LogP contribution is 2.23. The molecule has 1 aromatic heterocycles. The Kier molecular flexibility index (Phi) is 5.16. The Morgan fingerprint density at radius 2 is 2.05 bits per heavy atom. The summed E-state index contributed by atoms with van der Waals surface area (Å²) in [6, 6.07) is 0.216. The number of nitrogens with one attached hydrogen (secondary N) is 1. The summed E-state index contributed by atoms with van der Waals surface area (Å²) >= 11 is 0.960. The molecular weight excluding hydrogens is 332 g/mol. The van der Waals surface area contributed by atoms with Gasteiger partial charge in [0.2, 0.25) is 10.0 Å². The molecule has 1 amide bonds. The van der Waals surface area contributed by atoms with Crippen molar-refractivity contribution >= 4 is 33.2 Å². The van der Waals surface area contributed by atoms with Crippen molar-refractivity contribution in [2.45, 2.75) is 17.9 Å². The zero-order chi connectivity index (χ0) is 16.3. The molecule has 10 heteroatoms. The quantitative estimate of drug-likeness (QED) is 0.773. The van der Waals surface area contributed by atoms with Crippen LogP contribution in [0.4, 0.5) is 0 Å². The largest absolute Gasteiger partial charge is 0.480 e. The summed E-state index contributed by atoms with van der Waals surface area (Å²) < 4.78 is 31.2. The van der Waals surface area contributed by atoms with E-state index in [0.29, 0.717) is 13.2 Å². The van der Waals surface area contributed by atoms with Crippen LogP contribution in [0.2, 0.25) is 0 Å². The third-order valence-corrected chi connectivity index (χ3v) is 6.08. The average molecular weight is 348 g/mol. The number of nitrogens with zero attached hydrogens (tertiary/aromatic N) is 1. The molecule has 0 bridgehead atoms. The van der Waals surface area contributed by atoms with Crippen molar-refractivity contribution in [2.24, 2.45) is 0 Å². The lowest BCUT2D eigenvalue weighted by atomic mass is 10.3. The maximum Gasteiger partial charge on any atom is 0.325 e. The minimum atomic E-state index is -3.65. The predicted molar refractivity (Wildman–Crippen MR) is 78.5 cm³/mol. The summed E-state index contributed by atoms with van der Waals surface area (Å²) in [5, 5.41) is 12.4. The molecule has 8 nitrogen and oxygen atoms in total. The number of aliphatic carboxylic acids is 1. The highest BCUT2D eigenvalue weighted by Gasteiger charge is 2.28. The summed E-state index contributed by atoms with van der Waals surface area (Å²) in [5.74, 6) is -1.77. The molecule has 0 aliphatic carbocycles. The van der Waals surface area contributed by atoms with Crippen molar-refractivity contribution in [3.63, 3.8) is 0 Å². The van der Waals surface area contributed by atoms with Crippen LogP contribution in [-0.4, -0.2) is 62.1 Å². The van der Waals surface area contributed by atoms with E-state index in [1.807, 2.05) is 0 Å². The summed E-state index contributed by atoms with van der Waals surface area (Å²) in [6.07, 6.45) is 0. The van der Waals surface area contributed by atoms with Crippen molar-refractivity contribution in [3.05, 3.63) is 16.3 Å². The van der Waals surface area contributed by atoms with E-state index in [2.05, 4.69) is 5.32 Å². The number of carbonyl (C=O) groups is 2. The van der Waals surface area contributed by atoms with Crippen LogP contribution in [0.5, 0.6) is 0 Å². The number of sulfonamides is 1. The molecule has 1 saturated heterocycles. The number of morpholine rings is 1. The molecule has 0 spiro atoms. The van der Waals surface area contributed by atoms with Gasteiger partial charge in [-0.1, -0.05) is 0 Å². The first-order chi connectivity index (χ1) is 10.3. The van der Waals surface area contributed by atoms with Gasteiger partial charge < -0.3 is 15.2 Å². The second kappa shape index (κ2) is 6.73. The molecule has 0 radical (unpaired) electrons. The summed E-state index contributed by atoms with van der Waals surface area (Å²) in [4.78, 5) is 22.8. The van der Waals surface area contributed by atoms with E-state index in [4.69, 9.17) is 9.84 Å². The van der Waals surface area contributed by atoms with Gasteiger partial charge >= 0.3 is 5.97 Å². The maximum absolute atomic E-state index is 12.4. The molecule has 22 heavy (non-hydrogen) atoms. The lowest BCUT2D eigenvalue weighted by Crippen LogP contribution is -2.40. The van der Waals surface area contributed by atoms with Crippen LogP contribution in [-0.2, 0) is 19.6 Å². The van der Waals surface area contributed by atoms with Crippen LogP contribution >= 0.6 is 11.3 Å². The van der Waals surface area contributed by atoms with Crippen LogP contribution in [0.25, 0.3) is 0 Å². The number of hydrogen-bond donors (Lipinski definition) is 2. The molecule has 1 fully saturated rings. The zero-order valence-corrected chi connectivity index (χ0v) is 13.4. The van der Waals surface area contributed by atoms with Crippen molar-refractivity contribution in [2.75, 3.05) is 26.3 Å². The number of carbonyl (C=O) groups excluding carboxylic acids is 1. The number of ether oxygens (including phenoxy) is 1. The zero-order valence-electron chi connectivity index (χ0n) is 11.8. The van der Waals surface area contributed by atoms with E-state index in [9.17, 15) is 18.0 Å². The highest BCUT2D eigenvalue weighted by molar-refractivity contribution is 7.89. The van der Waals surface area contributed by atoms with E-state index >= 15 is 0 Å². The first kappa shape index (κ1) is 16.9. The molecule has 2 heterocycles. The molecular formula is C12H16N2O6S2. The number of carboxylic acids is 1. The second-order valence-corrected chi connectivity index (χ2v) is 7.55. The van der Waals surface area contributed by atoms with Gasteiger partial charge in [0, 0.05) is 18.5 Å². The minimum absolute atomic E-state index is 0.0347. The van der Waals surface area contributed by atoms with Gasteiger partial charge in [0.1, 0.15) is 6.04 Å². The number of carboxylic acid groups (broad SMARTS) is 1. The lowest BCUT2D eigenvalue weighted by Gasteiger charge is -2.25. The van der Waals surface area contributed by atoms with Crippen molar-refractivity contribution < 1.29 is 27.9 Å². The highest BCUT2D eigenvalue weighted by atomic mass is 32.2. The topological polar surface area (TPSA) is 113 Å². The molecule has 1 unspecified atom stereocenters. The van der Waals surface area contributed by atoms with Crippen LogP contribution in [0.15, 0.2) is 16.3 Å². The SMILES string of the molecule is CC(NC(=O)c1cc(S(=O)(=O)N2CCOCC2)cs1)C(=O)O. The van der Waals surface area contributed by atoms with E-state index in [-0.39, 0.29) is 22.9 Å². The molecule has 1 atom stereocenters. The second-order valence-electron chi connectivity index (χ2n) is 4.70. The van der Waals surface area contributed by atoms with E-state index in [0.717, 1.165) is 11.3 Å². The van der Waals surface area contributed by atoms with Gasteiger partial charge in [-0.15, -0.1) is 11.3 Å². The molecule has 0 saturated carbocycles. The monoisotopic (exact) mass is 348 g/mol. The Morgan fingerprint density at radius 3 is 2.64 bits per heavy atom. The lowest BCUT2D eigenvalue weighted by molar-refractivity contribution is -0.138. The van der Waals surface area contributed by atoms with Gasteiger partial charge in [-0.25, -0.2) is 8.42 Å². The Morgan fingerprint density at radius 1 is 1.41 bits per heavy atom. The fourth-order valence-corrected chi connectivity index (χ4v) is 4.41. The van der Waals surface area contributed by atoms with Crippen LogP contribution in [0.1, 0.15) is 16.6 Å². The average Bonchev–Trinajstić information content (AvgIpc) is 2.98. The third-order valence-electron chi connectivity index (χ3n) is 3.13. The Hall–Kier alpha value is -1.49. The standard InChI is InChI=1S/C12H16N2O6S2/c1-8(12(16)17)13-11(15)10-6-9(7-21-10)22(18,19)14-2-4-20-5-3-14/h6-8H,2-5H2,1H3,(H,13,15)(H,16,17).